The molecule has 0 spiro atoms. The fourth-order valence-electron chi connectivity index (χ4n) is 5.37. The predicted octanol–water partition coefficient (Wildman–Crippen LogP) is 7.14. The van der Waals surface area contributed by atoms with Gasteiger partial charge in [-0.15, -0.1) is 0 Å². The quantitative estimate of drug-likeness (QED) is 0.212. The Morgan fingerprint density at radius 2 is 1.64 bits per heavy atom. The smallest absolute Gasteiger partial charge is 0.247 e. The maximum absolute atomic E-state index is 13.9. The summed E-state index contributed by atoms with van der Waals surface area (Å²) < 4.78 is 3.29. The Bertz CT molecular complexity index is 1900. The van der Waals surface area contributed by atoms with Crippen LogP contribution in [0.15, 0.2) is 97.2 Å². The van der Waals surface area contributed by atoms with Crippen molar-refractivity contribution in [3.63, 3.8) is 0 Å². The summed E-state index contributed by atoms with van der Waals surface area (Å²) >= 11 is 1.65. The van der Waals surface area contributed by atoms with Gasteiger partial charge in [0.25, 0.3) is 0 Å². The lowest BCUT2D eigenvalue weighted by molar-refractivity contribution is -0.122. The first kappa shape index (κ1) is 27.2. The van der Waals surface area contributed by atoms with Crippen LogP contribution < -0.4 is 10.2 Å². The number of anilines is 2. The SMILES string of the molecule is CC(=O)N(c1cc(C)cc(C)c1)C(Cc1ccc(O)cc1)C(=O)Nc1ccc(-c2cn3c(n2)sc2ccccc23)cc1. The van der Waals surface area contributed by atoms with Crippen molar-refractivity contribution in [3.8, 4) is 17.0 Å². The van der Waals surface area contributed by atoms with E-state index >= 15 is 0 Å². The van der Waals surface area contributed by atoms with Gasteiger partial charge in [-0.25, -0.2) is 4.98 Å². The van der Waals surface area contributed by atoms with Crippen LogP contribution >= 0.6 is 11.3 Å². The summed E-state index contributed by atoms with van der Waals surface area (Å²) in [6, 6.07) is 27.5. The summed E-state index contributed by atoms with van der Waals surface area (Å²) in [6.07, 6.45) is 2.31. The average Bonchev–Trinajstić information content (AvgIpc) is 3.52. The number of nitrogens with zero attached hydrogens (tertiary/aromatic N) is 3. The van der Waals surface area contributed by atoms with Gasteiger partial charge in [0.2, 0.25) is 11.8 Å². The number of benzene rings is 4. The minimum Gasteiger partial charge on any atom is -0.508 e. The lowest BCUT2D eigenvalue weighted by Gasteiger charge is -2.31. The number of phenols is 1. The molecule has 2 heterocycles. The topological polar surface area (TPSA) is 86.9 Å². The van der Waals surface area contributed by atoms with Gasteiger partial charge in [-0.1, -0.05) is 53.8 Å². The maximum Gasteiger partial charge on any atom is 0.247 e. The van der Waals surface area contributed by atoms with Crippen molar-refractivity contribution in [1.82, 2.24) is 9.38 Å². The summed E-state index contributed by atoms with van der Waals surface area (Å²) in [5.74, 6) is -0.399. The molecule has 0 saturated heterocycles. The first-order valence-electron chi connectivity index (χ1n) is 13.7. The lowest BCUT2D eigenvalue weighted by atomic mass is 10.0. The Hall–Kier alpha value is -4.95. The summed E-state index contributed by atoms with van der Waals surface area (Å²) in [7, 11) is 0. The number of carbonyl (C=O) groups excluding carboxylic acids is 2. The molecule has 1 atom stereocenters. The molecular weight excluding hydrogens is 544 g/mol. The van der Waals surface area contributed by atoms with Gasteiger partial charge in [0.05, 0.1) is 15.9 Å². The van der Waals surface area contributed by atoms with Crippen LogP contribution in [0.5, 0.6) is 5.75 Å². The Morgan fingerprint density at radius 3 is 2.33 bits per heavy atom. The molecule has 0 fully saturated rings. The molecule has 2 N–H and O–H groups in total. The fraction of sp³-hybridized carbons (Fsp3) is 0.147. The molecule has 0 radical (unpaired) electrons. The second kappa shape index (κ2) is 11.1. The number of aryl methyl sites for hydroxylation is 2. The van der Waals surface area contributed by atoms with Crippen molar-refractivity contribution < 1.29 is 14.7 Å². The molecule has 7 nitrogen and oxygen atoms in total. The molecule has 4 aromatic carbocycles. The van der Waals surface area contributed by atoms with Crippen molar-refractivity contribution in [2.75, 3.05) is 10.2 Å². The molecule has 1 unspecified atom stereocenters. The largest absolute Gasteiger partial charge is 0.508 e. The predicted molar refractivity (Wildman–Crippen MR) is 169 cm³/mol. The van der Waals surface area contributed by atoms with E-state index in [1.165, 1.54) is 11.6 Å². The molecule has 0 aliphatic rings. The minimum absolute atomic E-state index is 0.142. The molecule has 6 aromatic rings. The molecule has 8 heteroatoms. The minimum atomic E-state index is -0.818. The zero-order valence-electron chi connectivity index (χ0n) is 23.5. The Balaban J connectivity index is 1.28. The molecule has 210 valence electrons. The summed E-state index contributed by atoms with van der Waals surface area (Å²) in [5.41, 5.74) is 7.04. The van der Waals surface area contributed by atoms with E-state index in [0.717, 1.165) is 38.4 Å². The number of hydrogen-bond donors (Lipinski definition) is 2. The van der Waals surface area contributed by atoms with Crippen LogP contribution in [0.25, 0.3) is 26.4 Å². The molecule has 42 heavy (non-hydrogen) atoms. The van der Waals surface area contributed by atoms with Crippen molar-refractivity contribution in [1.29, 1.82) is 0 Å². The van der Waals surface area contributed by atoms with Gasteiger partial charge >= 0.3 is 0 Å². The summed E-state index contributed by atoms with van der Waals surface area (Å²) in [5, 5.41) is 12.8. The number of aromatic hydroxyl groups is 1. The average molecular weight is 575 g/mol. The number of para-hydroxylation sites is 1. The highest BCUT2D eigenvalue weighted by Crippen LogP contribution is 2.30. The summed E-state index contributed by atoms with van der Waals surface area (Å²) in [4.78, 5) is 34.2. The standard InChI is InChI=1S/C34H30N4O3S/c1-21-16-22(2)18-27(17-21)38(23(3)39)31(19-24-8-14-28(40)15-9-24)33(41)35-26-12-10-25(11-13-26)29-20-37-30-6-4-5-7-32(30)42-34(37)36-29/h4-18,20,31,40H,19H2,1-3H3,(H,35,41). The number of hydrogen-bond acceptors (Lipinski definition) is 5. The first-order chi connectivity index (χ1) is 20.2. The number of carbonyl (C=O) groups is 2. The molecule has 0 aliphatic carbocycles. The van der Waals surface area contributed by atoms with E-state index in [-0.39, 0.29) is 24.0 Å². The Labute approximate surface area is 247 Å². The van der Waals surface area contributed by atoms with Crippen molar-refractivity contribution in [2.45, 2.75) is 33.2 Å². The molecule has 0 bridgehead atoms. The van der Waals surface area contributed by atoms with Crippen LogP contribution in [0.3, 0.4) is 0 Å². The zero-order chi connectivity index (χ0) is 29.4. The molecule has 0 saturated carbocycles. The van der Waals surface area contributed by atoms with E-state index in [4.69, 9.17) is 4.98 Å². The third-order valence-corrected chi connectivity index (χ3v) is 8.29. The molecule has 2 amide bonds. The van der Waals surface area contributed by atoms with Crippen LogP contribution in [0, 0.1) is 13.8 Å². The first-order valence-corrected chi connectivity index (χ1v) is 14.5. The van der Waals surface area contributed by atoms with Gasteiger partial charge in [-0.2, -0.15) is 0 Å². The van der Waals surface area contributed by atoms with E-state index in [9.17, 15) is 14.7 Å². The number of thiazole rings is 1. The van der Waals surface area contributed by atoms with E-state index in [2.05, 4.69) is 21.9 Å². The zero-order valence-corrected chi connectivity index (χ0v) is 24.4. The Morgan fingerprint density at radius 1 is 0.952 bits per heavy atom. The van der Waals surface area contributed by atoms with E-state index < -0.39 is 6.04 Å². The molecule has 0 aliphatic heterocycles. The maximum atomic E-state index is 13.9. The number of rotatable bonds is 7. The van der Waals surface area contributed by atoms with Crippen LogP contribution in [-0.2, 0) is 16.0 Å². The van der Waals surface area contributed by atoms with Crippen molar-refractivity contribution >= 4 is 49.7 Å². The molecular formula is C34H30N4O3S. The van der Waals surface area contributed by atoms with Gasteiger partial charge < -0.3 is 10.4 Å². The third-order valence-electron chi connectivity index (χ3n) is 7.25. The number of aromatic nitrogens is 2. The van der Waals surface area contributed by atoms with Crippen LogP contribution in [0.1, 0.15) is 23.6 Å². The Kier molecular flexibility index (Phi) is 7.22. The lowest BCUT2D eigenvalue weighted by Crippen LogP contribution is -2.48. The number of phenolic OH excluding ortho intramolecular Hbond substituents is 1. The van der Waals surface area contributed by atoms with E-state index in [1.54, 1.807) is 40.5 Å². The molecule has 6 rings (SSSR count). The summed E-state index contributed by atoms with van der Waals surface area (Å²) in [6.45, 7) is 5.41. The highest BCUT2D eigenvalue weighted by atomic mass is 32.1. The van der Waals surface area contributed by atoms with Gasteiger partial charge in [0.15, 0.2) is 4.96 Å². The molecule has 2 aromatic heterocycles. The van der Waals surface area contributed by atoms with Gasteiger partial charge in [0, 0.05) is 36.5 Å². The third kappa shape index (κ3) is 5.49. The number of fused-ring (bicyclic) bond motifs is 3. The normalized spacial score (nSPS) is 12.0. The van der Waals surface area contributed by atoms with Crippen molar-refractivity contribution in [2.24, 2.45) is 0 Å². The van der Waals surface area contributed by atoms with Gasteiger partial charge in [0.1, 0.15) is 11.8 Å². The number of amides is 2. The van der Waals surface area contributed by atoms with E-state index in [0.29, 0.717) is 11.4 Å². The van der Waals surface area contributed by atoms with Gasteiger partial charge in [-0.3, -0.25) is 18.9 Å². The monoisotopic (exact) mass is 574 g/mol. The van der Waals surface area contributed by atoms with Crippen molar-refractivity contribution in [3.05, 3.63) is 114 Å². The number of imidazole rings is 1. The fourth-order valence-corrected chi connectivity index (χ4v) is 6.37. The number of nitrogens with one attached hydrogen (secondary N) is 1. The van der Waals surface area contributed by atoms with Crippen LogP contribution in [0.2, 0.25) is 0 Å². The second-order valence-corrected chi connectivity index (χ2v) is 11.5. The van der Waals surface area contributed by atoms with Gasteiger partial charge in [-0.05, 0) is 79.1 Å². The van der Waals surface area contributed by atoms with E-state index in [1.807, 2.05) is 74.6 Å². The highest BCUT2D eigenvalue weighted by molar-refractivity contribution is 7.23. The van der Waals surface area contributed by atoms with Crippen LogP contribution in [-0.4, -0.2) is 32.3 Å². The van der Waals surface area contributed by atoms with Crippen LogP contribution in [0.4, 0.5) is 11.4 Å². The second-order valence-electron chi connectivity index (χ2n) is 10.5. The highest BCUT2D eigenvalue weighted by Gasteiger charge is 2.30.